The van der Waals surface area contributed by atoms with E-state index in [1.807, 2.05) is 6.07 Å². The van der Waals surface area contributed by atoms with Crippen molar-refractivity contribution in [2.75, 3.05) is 0 Å². The molecule has 0 atom stereocenters. The van der Waals surface area contributed by atoms with Gasteiger partial charge in [-0.1, -0.05) is 56.7 Å². The average Bonchev–Trinajstić information content (AvgIpc) is 3.23. The summed E-state index contributed by atoms with van der Waals surface area (Å²) >= 11 is 0. The van der Waals surface area contributed by atoms with E-state index >= 15 is 0 Å². The van der Waals surface area contributed by atoms with Crippen molar-refractivity contribution in [1.82, 2.24) is 0 Å². The van der Waals surface area contributed by atoms with Crippen molar-refractivity contribution in [3.05, 3.63) is 59.4 Å². The fourth-order valence-electron chi connectivity index (χ4n) is 5.24. The molecule has 0 N–H and O–H groups in total. The Hall–Kier alpha value is -1.77. The fourth-order valence-corrected chi connectivity index (χ4v) is 5.24. The lowest BCUT2D eigenvalue weighted by molar-refractivity contribution is 0.287. The van der Waals surface area contributed by atoms with Gasteiger partial charge >= 0.3 is 0 Å². The standard InChI is InChI=1S/C25H29F3/c26-23-14-12-21(16-25(23)28)22-13-11-20(15-24(22)27)19-9-7-18(8-10-19)6-5-17-3-1-2-4-17/h11-19H,1-10H2/t18-,19-. The molecule has 0 aromatic heterocycles. The molecule has 0 unspecified atom stereocenters. The quantitative estimate of drug-likeness (QED) is 0.488. The Morgan fingerprint density at radius 1 is 0.643 bits per heavy atom. The van der Waals surface area contributed by atoms with Crippen LogP contribution in [0.5, 0.6) is 0 Å². The van der Waals surface area contributed by atoms with Crippen LogP contribution in [0, 0.1) is 29.3 Å². The van der Waals surface area contributed by atoms with Gasteiger partial charge in [-0.05, 0) is 72.8 Å². The van der Waals surface area contributed by atoms with Gasteiger partial charge in [-0.3, -0.25) is 0 Å². The summed E-state index contributed by atoms with van der Waals surface area (Å²) in [5.74, 6) is 0.00398. The van der Waals surface area contributed by atoms with Crippen molar-refractivity contribution >= 4 is 0 Å². The largest absolute Gasteiger partial charge is 0.206 e. The van der Waals surface area contributed by atoms with Crippen LogP contribution in [-0.2, 0) is 0 Å². The Bertz CT molecular complexity index is 799. The maximum absolute atomic E-state index is 14.7. The van der Waals surface area contributed by atoms with E-state index in [4.69, 9.17) is 0 Å². The first-order valence-corrected chi connectivity index (χ1v) is 10.8. The van der Waals surface area contributed by atoms with Crippen LogP contribution in [0.4, 0.5) is 13.2 Å². The molecule has 0 spiro atoms. The molecule has 0 bridgehead atoms. The second-order valence-corrected chi connectivity index (χ2v) is 8.81. The van der Waals surface area contributed by atoms with Gasteiger partial charge in [0.2, 0.25) is 0 Å². The van der Waals surface area contributed by atoms with Crippen molar-refractivity contribution in [3.63, 3.8) is 0 Å². The molecule has 0 saturated heterocycles. The summed E-state index contributed by atoms with van der Waals surface area (Å²) in [5, 5.41) is 0. The second-order valence-electron chi connectivity index (χ2n) is 8.81. The number of rotatable bonds is 5. The van der Waals surface area contributed by atoms with Gasteiger partial charge in [-0.2, -0.15) is 0 Å². The lowest BCUT2D eigenvalue weighted by Crippen LogP contribution is -2.14. The molecule has 150 valence electrons. The van der Waals surface area contributed by atoms with Crippen molar-refractivity contribution < 1.29 is 13.2 Å². The highest BCUT2D eigenvalue weighted by molar-refractivity contribution is 5.64. The molecule has 0 heterocycles. The van der Waals surface area contributed by atoms with Crippen molar-refractivity contribution in [3.8, 4) is 11.1 Å². The molecular formula is C25H29F3. The van der Waals surface area contributed by atoms with Crippen LogP contribution in [0.3, 0.4) is 0 Å². The summed E-state index contributed by atoms with van der Waals surface area (Å²) in [6.07, 6.45) is 13.2. The smallest absolute Gasteiger partial charge is 0.159 e. The Kier molecular flexibility index (Phi) is 6.08. The van der Waals surface area contributed by atoms with E-state index in [1.54, 1.807) is 12.1 Å². The highest BCUT2D eigenvalue weighted by atomic mass is 19.2. The lowest BCUT2D eigenvalue weighted by Gasteiger charge is -2.29. The predicted molar refractivity (Wildman–Crippen MR) is 108 cm³/mol. The van der Waals surface area contributed by atoms with E-state index in [9.17, 15) is 13.2 Å². The Labute approximate surface area is 166 Å². The summed E-state index contributed by atoms with van der Waals surface area (Å²) in [4.78, 5) is 0. The summed E-state index contributed by atoms with van der Waals surface area (Å²) in [5.41, 5.74) is 1.74. The van der Waals surface area contributed by atoms with E-state index in [1.165, 1.54) is 57.4 Å². The van der Waals surface area contributed by atoms with Crippen molar-refractivity contribution in [2.45, 2.75) is 70.1 Å². The molecule has 0 nitrogen and oxygen atoms in total. The normalized spacial score (nSPS) is 23.2. The Balaban J connectivity index is 1.36. The first-order valence-electron chi connectivity index (χ1n) is 10.8. The molecule has 2 fully saturated rings. The third-order valence-corrected chi connectivity index (χ3v) is 7.00. The first-order chi connectivity index (χ1) is 13.6. The molecule has 2 aliphatic carbocycles. The van der Waals surface area contributed by atoms with E-state index in [2.05, 4.69) is 0 Å². The molecule has 4 rings (SSSR count). The minimum Gasteiger partial charge on any atom is -0.206 e. The molecule has 0 amide bonds. The van der Waals surface area contributed by atoms with Crippen LogP contribution in [0.15, 0.2) is 36.4 Å². The zero-order chi connectivity index (χ0) is 19.5. The topological polar surface area (TPSA) is 0 Å². The summed E-state index contributed by atoms with van der Waals surface area (Å²) in [6.45, 7) is 0. The minimum absolute atomic E-state index is 0.327. The van der Waals surface area contributed by atoms with Gasteiger partial charge in [0.25, 0.3) is 0 Å². The van der Waals surface area contributed by atoms with E-state index < -0.39 is 11.6 Å². The molecule has 2 saturated carbocycles. The molecular weight excluding hydrogens is 357 g/mol. The van der Waals surface area contributed by atoms with Gasteiger partial charge in [-0.25, -0.2) is 13.2 Å². The van der Waals surface area contributed by atoms with Crippen LogP contribution < -0.4 is 0 Å². The molecule has 2 aliphatic rings. The second kappa shape index (κ2) is 8.71. The van der Waals surface area contributed by atoms with Crippen LogP contribution in [0.2, 0.25) is 0 Å². The minimum atomic E-state index is -0.947. The summed E-state index contributed by atoms with van der Waals surface area (Å²) < 4.78 is 41.3. The number of hydrogen-bond donors (Lipinski definition) is 0. The van der Waals surface area contributed by atoms with Gasteiger partial charge in [-0.15, -0.1) is 0 Å². The first kappa shape index (κ1) is 19.5. The zero-order valence-corrected chi connectivity index (χ0v) is 16.4. The third kappa shape index (κ3) is 4.45. The highest BCUT2D eigenvalue weighted by Crippen LogP contribution is 2.40. The van der Waals surface area contributed by atoms with Crippen LogP contribution in [-0.4, -0.2) is 0 Å². The van der Waals surface area contributed by atoms with Gasteiger partial charge in [0.15, 0.2) is 11.6 Å². The van der Waals surface area contributed by atoms with E-state index in [-0.39, 0.29) is 5.82 Å². The predicted octanol–water partition coefficient (Wildman–Crippen LogP) is 8.02. The summed E-state index contributed by atoms with van der Waals surface area (Å²) in [6, 6.07) is 8.80. The van der Waals surface area contributed by atoms with Gasteiger partial charge in [0, 0.05) is 5.56 Å². The molecule has 0 radical (unpaired) electrons. The third-order valence-electron chi connectivity index (χ3n) is 7.00. The number of benzene rings is 2. The Morgan fingerprint density at radius 2 is 1.32 bits per heavy atom. The fraction of sp³-hybridized carbons (Fsp3) is 0.520. The van der Waals surface area contributed by atoms with Crippen LogP contribution in [0.25, 0.3) is 11.1 Å². The zero-order valence-electron chi connectivity index (χ0n) is 16.4. The SMILES string of the molecule is Fc1ccc(-c2ccc([C@H]3CC[C@H](CCC4CCCC4)CC3)cc2F)cc1F. The molecule has 2 aromatic carbocycles. The maximum atomic E-state index is 14.7. The van der Waals surface area contributed by atoms with Crippen molar-refractivity contribution in [1.29, 1.82) is 0 Å². The molecule has 2 aromatic rings. The van der Waals surface area contributed by atoms with Gasteiger partial charge in [0.05, 0.1) is 0 Å². The van der Waals surface area contributed by atoms with Crippen molar-refractivity contribution in [2.24, 2.45) is 11.8 Å². The van der Waals surface area contributed by atoms with Crippen LogP contribution in [0.1, 0.15) is 75.7 Å². The molecule has 28 heavy (non-hydrogen) atoms. The number of hydrogen-bond acceptors (Lipinski definition) is 0. The van der Waals surface area contributed by atoms with Gasteiger partial charge < -0.3 is 0 Å². The average molecular weight is 387 g/mol. The summed E-state index contributed by atoms with van der Waals surface area (Å²) in [7, 11) is 0. The van der Waals surface area contributed by atoms with Crippen LogP contribution >= 0.6 is 0 Å². The Morgan fingerprint density at radius 3 is 1.96 bits per heavy atom. The van der Waals surface area contributed by atoms with Gasteiger partial charge in [0.1, 0.15) is 5.82 Å². The molecule has 3 heteroatoms. The highest BCUT2D eigenvalue weighted by Gasteiger charge is 2.24. The number of halogens is 3. The monoisotopic (exact) mass is 386 g/mol. The van der Waals surface area contributed by atoms with E-state index in [0.29, 0.717) is 17.0 Å². The van der Waals surface area contributed by atoms with E-state index in [0.717, 1.165) is 42.4 Å². The lowest BCUT2D eigenvalue weighted by atomic mass is 9.76. The maximum Gasteiger partial charge on any atom is 0.159 e. The molecule has 0 aliphatic heterocycles.